The molecule has 2 N–H and O–H groups in total. The van der Waals surface area contributed by atoms with Crippen LogP contribution in [0.1, 0.15) is 0 Å². The maximum Gasteiger partial charge on any atom is 0.0507 e. The first-order chi connectivity index (χ1) is 4.83. The summed E-state index contributed by atoms with van der Waals surface area (Å²) in [6, 6.07) is -0.128. The quantitative estimate of drug-likeness (QED) is 0.379. The molecule has 48 valence electrons. The summed E-state index contributed by atoms with van der Waals surface area (Å²) in [4.78, 5) is 0. The van der Waals surface area contributed by atoms with Crippen LogP contribution in [0.25, 0.3) is 0 Å². The molecule has 0 aromatic carbocycles. The van der Waals surface area contributed by atoms with Crippen LogP contribution in [-0.2, 0) is 0 Å². The van der Waals surface area contributed by atoms with Gasteiger partial charge in [-0.2, -0.15) is 0 Å². The molecule has 0 fully saturated rings. The van der Waals surface area contributed by atoms with Crippen LogP contribution < -0.4 is 5.73 Å². The van der Waals surface area contributed by atoms with Crippen LogP contribution in [0.2, 0.25) is 0 Å². The Labute approximate surface area is 60.2 Å². The third-order valence-electron chi connectivity index (χ3n) is 1.13. The minimum atomic E-state index is -0.128. The Balaban J connectivity index is 3.02. The van der Waals surface area contributed by atoms with E-state index in [0.29, 0.717) is 0 Å². The third-order valence-corrected chi connectivity index (χ3v) is 1.13. The average molecular weight is 129 g/mol. The lowest BCUT2D eigenvalue weighted by atomic mass is 10.2. The van der Waals surface area contributed by atoms with Gasteiger partial charge in [0.2, 0.25) is 0 Å². The molecule has 0 saturated heterocycles. The van der Waals surface area contributed by atoms with Crippen molar-refractivity contribution < 1.29 is 0 Å². The van der Waals surface area contributed by atoms with E-state index >= 15 is 0 Å². The summed E-state index contributed by atoms with van der Waals surface area (Å²) in [6.45, 7) is 0. The first kappa shape index (κ1) is 6.68. The Morgan fingerprint density at radius 1 is 1.60 bits per heavy atom. The maximum absolute atomic E-state index is 5.55. The minimum Gasteiger partial charge on any atom is -0.321 e. The number of nitrogens with two attached hydrogens (primary N) is 1. The highest BCUT2D eigenvalue weighted by molar-refractivity contribution is 5.38. The highest BCUT2D eigenvalue weighted by atomic mass is 14.6. The Bertz CT molecular complexity index is 289. The lowest BCUT2D eigenvalue weighted by molar-refractivity contribution is 1.03. The van der Waals surface area contributed by atoms with E-state index in [4.69, 9.17) is 12.2 Å². The highest BCUT2D eigenvalue weighted by Crippen LogP contribution is 1.98. The van der Waals surface area contributed by atoms with Crippen molar-refractivity contribution in [1.29, 1.82) is 0 Å². The lowest BCUT2D eigenvalue weighted by Gasteiger charge is -1.94. The molecule has 1 atom stereocenters. The second-order valence-corrected chi connectivity index (χ2v) is 1.94. The summed E-state index contributed by atoms with van der Waals surface area (Å²) in [5, 5.41) is 0. The van der Waals surface area contributed by atoms with Gasteiger partial charge in [-0.05, 0) is 12.2 Å². The average Bonchev–Trinajstić information content (AvgIpc) is 2.13. The van der Waals surface area contributed by atoms with Gasteiger partial charge < -0.3 is 5.73 Å². The number of terminal acetylenes is 1. The topological polar surface area (TPSA) is 26.0 Å². The van der Waals surface area contributed by atoms with Crippen LogP contribution in [-0.4, -0.2) is 6.04 Å². The zero-order chi connectivity index (χ0) is 7.40. The molecule has 0 aliphatic heterocycles. The Hall–Kier alpha value is -1.44. The number of hydrogen-bond donors (Lipinski definition) is 1. The van der Waals surface area contributed by atoms with Gasteiger partial charge >= 0.3 is 0 Å². The molecule has 1 heteroatoms. The smallest absolute Gasteiger partial charge is 0.0507 e. The molecule has 0 spiro atoms. The fourth-order valence-electron chi connectivity index (χ4n) is 0.657. The van der Waals surface area contributed by atoms with Crippen LogP contribution >= 0.6 is 0 Å². The first-order valence-electron chi connectivity index (χ1n) is 2.94. The van der Waals surface area contributed by atoms with Crippen molar-refractivity contribution in [2.75, 3.05) is 0 Å². The molecule has 0 saturated carbocycles. The van der Waals surface area contributed by atoms with E-state index < -0.39 is 0 Å². The zero-order valence-corrected chi connectivity index (χ0v) is 5.46. The largest absolute Gasteiger partial charge is 0.321 e. The van der Waals surface area contributed by atoms with Gasteiger partial charge in [-0.15, -0.1) is 6.42 Å². The SMILES string of the molecule is C#CC1=CC(N)C=C=C=C1. The van der Waals surface area contributed by atoms with E-state index in [-0.39, 0.29) is 6.04 Å². The number of allylic oxidation sites excluding steroid dienone is 2. The summed E-state index contributed by atoms with van der Waals surface area (Å²) in [5.41, 5.74) is 11.8. The zero-order valence-electron chi connectivity index (χ0n) is 5.46. The molecule has 1 rings (SSSR count). The molecule has 1 aliphatic carbocycles. The van der Waals surface area contributed by atoms with Crippen LogP contribution in [0.5, 0.6) is 0 Å². The van der Waals surface area contributed by atoms with Gasteiger partial charge in [0.25, 0.3) is 0 Å². The van der Waals surface area contributed by atoms with Gasteiger partial charge in [0, 0.05) is 11.6 Å². The molecule has 0 radical (unpaired) electrons. The Morgan fingerprint density at radius 3 is 3.10 bits per heavy atom. The van der Waals surface area contributed by atoms with Gasteiger partial charge in [-0.25, -0.2) is 0 Å². The normalized spacial score (nSPS) is 21.6. The molecule has 10 heavy (non-hydrogen) atoms. The van der Waals surface area contributed by atoms with Crippen LogP contribution in [0.4, 0.5) is 0 Å². The molecule has 1 nitrogen and oxygen atoms in total. The van der Waals surface area contributed by atoms with Crippen molar-refractivity contribution in [3.05, 3.63) is 35.3 Å². The van der Waals surface area contributed by atoms with E-state index in [9.17, 15) is 0 Å². The van der Waals surface area contributed by atoms with Crippen LogP contribution in [0.3, 0.4) is 0 Å². The highest BCUT2D eigenvalue weighted by Gasteiger charge is 1.93. The van der Waals surface area contributed by atoms with Gasteiger partial charge in [-0.3, -0.25) is 0 Å². The van der Waals surface area contributed by atoms with Gasteiger partial charge in [0.15, 0.2) is 0 Å². The molecular formula is C9H7N. The molecule has 0 bridgehead atoms. The van der Waals surface area contributed by atoms with E-state index in [1.165, 1.54) is 0 Å². The standard InChI is InChI=1S/C9H7N/c1-2-8-5-3-4-6-9(10)7-8/h1,5-7,9H,10H2. The maximum atomic E-state index is 5.55. The summed E-state index contributed by atoms with van der Waals surface area (Å²) >= 11 is 0. The van der Waals surface area contributed by atoms with Crippen molar-refractivity contribution in [3.63, 3.8) is 0 Å². The van der Waals surface area contributed by atoms with E-state index in [1.54, 1.807) is 18.2 Å². The summed E-state index contributed by atoms with van der Waals surface area (Å²) < 4.78 is 0. The molecule has 0 heterocycles. The second kappa shape index (κ2) is 2.92. The van der Waals surface area contributed by atoms with Crippen LogP contribution in [0.15, 0.2) is 35.3 Å². The van der Waals surface area contributed by atoms with E-state index in [2.05, 4.69) is 17.4 Å². The van der Waals surface area contributed by atoms with Crippen molar-refractivity contribution in [2.45, 2.75) is 6.04 Å². The van der Waals surface area contributed by atoms with Gasteiger partial charge in [-0.1, -0.05) is 17.4 Å². The lowest BCUT2D eigenvalue weighted by Crippen LogP contribution is -2.12. The molecule has 0 amide bonds. The minimum absolute atomic E-state index is 0.128. The van der Waals surface area contributed by atoms with Crippen LogP contribution in [0, 0.1) is 12.3 Å². The fraction of sp³-hybridized carbons (Fsp3) is 0.111. The Morgan fingerprint density at radius 2 is 2.40 bits per heavy atom. The molecule has 0 aromatic heterocycles. The fourth-order valence-corrected chi connectivity index (χ4v) is 0.657. The predicted octanol–water partition coefficient (Wildman–Crippen LogP) is 0.753. The van der Waals surface area contributed by atoms with Gasteiger partial charge in [0.1, 0.15) is 0 Å². The third kappa shape index (κ3) is 1.52. The first-order valence-corrected chi connectivity index (χ1v) is 2.94. The van der Waals surface area contributed by atoms with Crippen molar-refractivity contribution in [1.82, 2.24) is 0 Å². The summed E-state index contributed by atoms with van der Waals surface area (Å²) in [6.07, 6.45) is 10.3. The van der Waals surface area contributed by atoms with Crippen molar-refractivity contribution >= 4 is 0 Å². The summed E-state index contributed by atoms with van der Waals surface area (Å²) in [5.74, 6) is 2.48. The molecule has 1 aliphatic rings. The Kier molecular flexibility index (Phi) is 1.95. The van der Waals surface area contributed by atoms with E-state index in [1.807, 2.05) is 0 Å². The van der Waals surface area contributed by atoms with Crippen molar-refractivity contribution in [2.24, 2.45) is 5.73 Å². The molecule has 1 unspecified atom stereocenters. The number of rotatable bonds is 0. The van der Waals surface area contributed by atoms with Crippen molar-refractivity contribution in [3.8, 4) is 12.3 Å². The number of hydrogen-bond acceptors (Lipinski definition) is 1. The molecular weight excluding hydrogens is 122 g/mol. The van der Waals surface area contributed by atoms with Gasteiger partial charge in [0.05, 0.1) is 6.04 Å². The second-order valence-electron chi connectivity index (χ2n) is 1.94. The summed E-state index contributed by atoms with van der Waals surface area (Å²) in [7, 11) is 0. The van der Waals surface area contributed by atoms with E-state index in [0.717, 1.165) is 5.57 Å². The monoisotopic (exact) mass is 129 g/mol. The molecule has 0 aromatic rings. The predicted molar refractivity (Wildman–Crippen MR) is 41.1 cm³/mol.